The van der Waals surface area contributed by atoms with E-state index >= 15 is 0 Å². The van der Waals surface area contributed by atoms with Crippen molar-refractivity contribution in [3.63, 3.8) is 0 Å². The van der Waals surface area contributed by atoms with Crippen LogP contribution in [0.15, 0.2) is 0 Å². The molecular formula is C11H21NO3. The molecule has 1 heterocycles. The molecule has 0 spiro atoms. The van der Waals surface area contributed by atoms with Gasteiger partial charge in [0.25, 0.3) is 0 Å². The van der Waals surface area contributed by atoms with Gasteiger partial charge < -0.3 is 15.2 Å². The number of hydrogen-bond acceptors (Lipinski definition) is 3. The lowest BCUT2D eigenvalue weighted by Gasteiger charge is -2.22. The van der Waals surface area contributed by atoms with Crippen LogP contribution in [0.2, 0.25) is 0 Å². The zero-order valence-corrected chi connectivity index (χ0v) is 9.69. The van der Waals surface area contributed by atoms with E-state index in [2.05, 4.69) is 5.32 Å². The zero-order valence-electron chi connectivity index (χ0n) is 9.69. The van der Waals surface area contributed by atoms with E-state index in [1.54, 1.807) is 0 Å². The van der Waals surface area contributed by atoms with Crippen LogP contribution in [0.25, 0.3) is 0 Å². The Labute approximate surface area is 91.0 Å². The van der Waals surface area contributed by atoms with Crippen LogP contribution in [0.4, 0.5) is 0 Å². The quantitative estimate of drug-likeness (QED) is 0.720. The fourth-order valence-electron chi connectivity index (χ4n) is 1.64. The van der Waals surface area contributed by atoms with E-state index in [9.17, 15) is 4.79 Å². The number of rotatable bonds is 4. The van der Waals surface area contributed by atoms with Crippen molar-refractivity contribution in [2.45, 2.75) is 39.3 Å². The van der Waals surface area contributed by atoms with E-state index < -0.39 is 0 Å². The Kier molecular flexibility index (Phi) is 4.54. The van der Waals surface area contributed by atoms with Crippen LogP contribution < -0.4 is 5.32 Å². The lowest BCUT2D eigenvalue weighted by atomic mass is 10.0. The molecule has 0 bridgehead atoms. The minimum absolute atomic E-state index is 0.0149. The summed E-state index contributed by atoms with van der Waals surface area (Å²) in [6, 6.07) is -0.0149. The molecule has 2 N–H and O–H groups in total. The average molecular weight is 215 g/mol. The first-order valence-electron chi connectivity index (χ1n) is 5.59. The maximum absolute atomic E-state index is 11.8. The van der Waals surface area contributed by atoms with Gasteiger partial charge in [0, 0.05) is 19.3 Å². The van der Waals surface area contributed by atoms with Crippen LogP contribution in [0.3, 0.4) is 0 Å². The number of hydrogen-bond donors (Lipinski definition) is 2. The summed E-state index contributed by atoms with van der Waals surface area (Å²) in [5.41, 5.74) is 0. The van der Waals surface area contributed by atoms with E-state index in [0.29, 0.717) is 12.5 Å². The molecule has 15 heavy (non-hydrogen) atoms. The third kappa shape index (κ3) is 3.18. The topological polar surface area (TPSA) is 58.6 Å². The molecule has 88 valence electrons. The minimum Gasteiger partial charge on any atom is -0.396 e. The van der Waals surface area contributed by atoms with Gasteiger partial charge in [0.15, 0.2) is 0 Å². The lowest BCUT2D eigenvalue weighted by molar-refractivity contribution is -0.132. The molecular weight excluding hydrogens is 194 g/mol. The largest absolute Gasteiger partial charge is 0.396 e. The van der Waals surface area contributed by atoms with Crippen molar-refractivity contribution in [2.24, 2.45) is 11.8 Å². The maximum atomic E-state index is 11.8. The summed E-state index contributed by atoms with van der Waals surface area (Å²) < 4.78 is 5.37. The summed E-state index contributed by atoms with van der Waals surface area (Å²) >= 11 is 0. The molecule has 4 unspecified atom stereocenters. The highest BCUT2D eigenvalue weighted by Crippen LogP contribution is 2.20. The van der Waals surface area contributed by atoms with Crippen molar-refractivity contribution in [2.75, 3.05) is 13.2 Å². The number of aliphatic hydroxyl groups excluding tert-OH is 1. The fraction of sp³-hybridized carbons (Fsp3) is 0.909. The molecule has 4 heteroatoms. The molecule has 0 saturated carbocycles. The molecule has 0 aromatic rings. The molecule has 1 fully saturated rings. The first kappa shape index (κ1) is 12.5. The molecule has 0 radical (unpaired) electrons. The van der Waals surface area contributed by atoms with Gasteiger partial charge in [-0.05, 0) is 25.2 Å². The third-order valence-electron chi connectivity index (χ3n) is 3.16. The Morgan fingerprint density at radius 3 is 2.73 bits per heavy atom. The third-order valence-corrected chi connectivity index (χ3v) is 3.16. The second-order valence-corrected chi connectivity index (χ2v) is 4.51. The Hall–Kier alpha value is -0.610. The molecule has 1 rings (SSSR count). The zero-order chi connectivity index (χ0) is 11.4. The average Bonchev–Trinajstić information content (AvgIpc) is 2.63. The maximum Gasteiger partial charge on any atom is 0.249 e. The summed E-state index contributed by atoms with van der Waals surface area (Å²) in [5.74, 6) is 0.320. The second kappa shape index (κ2) is 5.47. The molecule has 0 aromatic carbocycles. The predicted octanol–water partition coefficient (Wildman–Crippen LogP) is 0.544. The molecule has 1 saturated heterocycles. The summed E-state index contributed by atoms with van der Waals surface area (Å²) in [7, 11) is 0. The molecule has 0 aromatic heterocycles. The van der Waals surface area contributed by atoms with Gasteiger partial charge in [-0.25, -0.2) is 0 Å². The molecule has 1 aliphatic heterocycles. The Morgan fingerprint density at radius 1 is 1.60 bits per heavy atom. The number of nitrogens with one attached hydrogen (secondary N) is 1. The monoisotopic (exact) mass is 215 g/mol. The van der Waals surface area contributed by atoms with Crippen LogP contribution in [0, 0.1) is 11.8 Å². The number of carbonyl (C=O) groups excluding carboxylic acids is 1. The lowest BCUT2D eigenvalue weighted by Crippen LogP contribution is -2.45. The summed E-state index contributed by atoms with van der Waals surface area (Å²) in [6.07, 6.45) is 0.639. The summed E-state index contributed by atoms with van der Waals surface area (Å²) in [6.45, 7) is 6.59. The predicted molar refractivity (Wildman–Crippen MR) is 57.4 cm³/mol. The number of aliphatic hydroxyl groups is 1. The van der Waals surface area contributed by atoms with E-state index in [-0.39, 0.29) is 30.6 Å². The van der Waals surface area contributed by atoms with Gasteiger partial charge >= 0.3 is 0 Å². The van der Waals surface area contributed by atoms with E-state index in [1.807, 2.05) is 20.8 Å². The number of ether oxygens (including phenoxy) is 1. The van der Waals surface area contributed by atoms with Gasteiger partial charge in [-0.2, -0.15) is 0 Å². The van der Waals surface area contributed by atoms with Gasteiger partial charge in [0.05, 0.1) is 0 Å². The van der Waals surface area contributed by atoms with E-state index in [1.165, 1.54) is 0 Å². The van der Waals surface area contributed by atoms with Crippen LogP contribution >= 0.6 is 0 Å². The number of amides is 1. The van der Waals surface area contributed by atoms with Gasteiger partial charge in [-0.1, -0.05) is 13.8 Å². The van der Waals surface area contributed by atoms with E-state index in [4.69, 9.17) is 9.84 Å². The van der Waals surface area contributed by atoms with Gasteiger partial charge in [-0.3, -0.25) is 4.79 Å². The fourth-order valence-corrected chi connectivity index (χ4v) is 1.64. The van der Waals surface area contributed by atoms with Crippen molar-refractivity contribution in [3.8, 4) is 0 Å². The SMILES string of the molecule is CC(CO)C(C)NC(=O)C1OCCC1C. The van der Waals surface area contributed by atoms with Crippen LogP contribution in [0.5, 0.6) is 0 Å². The highest BCUT2D eigenvalue weighted by molar-refractivity contribution is 5.81. The smallest absolute Gasteiger partial charge is 0.249 e. The summed E-state index contributed by atoms with van der Waals surface area (Å²) in [4.78, 5) is 11.8. The molecule has 4 atom stereocenters. The molecule has 1 aliphatic rings. The first-order chi connectivity index (χ1) is 7.06. The van der Waals surface area contributed by atoms with Crippen molar-refractivity contribution < 1.29 is 14.6 Å². The van der Waals surface area contributed by atoms with Gasteiger partial charge in [0.2, 0.25) is 5.91 Å². The normalized spacial score (nSPS) is 29.9. The van der Waals surface area contributed by atoms with E-state index in [0.717, 1.165) is 6.42 Å². The molecule has 0 aliphatic carbocycles. The van der Waals surface area contributed by atoms with Gasteiger partial charge in [-0.15, -0.1) is 0 Å². The second-order valence-electron chi connectivity index (χ2n) is 4.51. The minimum atomic E-state index is -0.307. The van der Waals surface area contributed by atoms with Crippen LogP contribution in [0.1, 0.15) is 27.2 Å². The van der Waals surface area contributed by atoms with Gasteiger partial charge in [0.1, 0.15) is 6.10 Å². The molecule has 4 nitrogen and oxygen atoms in total. The highest BCUT2D eigenvalue weighted by Gasteiger charge is 2.31. The van der Waals surface area contributed by atoms with Crippen molar-refractivity contribution >= 4 is 5.91 Å². The van der Waals surface area contributed by atoms with Crippen LogP contribution in [-0.4, -0.2) is 36.4 Å². The Morgan fingerprint density at radius 2 is 2.27 bits per heavy atom. The van der Waals surface area contributed by atoms with Crippen LogP contribution in [-0.2, 0) is 9.53 Å². The van der Waals surface area contributed by atoms with Crippen molar-refractivity contribution in [3.05, 3.63) is 0 Å². The molecule has 1 amide bonds. The number of carbonyl (C=O) groups is 1. The van der Waals surface area contributed by atoms with Crippen molar-refractivity contribution in [1.29, 1.82) is 0 Å². The first-order valence-corrected chi connectivity index (χ1v) is 5.59. The highest BCUT2D eigenvalue weighted by atomic mass is 16.5. The van der Waals surface area contributed by atoms with Crippen molar-refractivity contribution in [1.82, 2.24) is 5.32 Å². The Balaban J connectivity index is 2.41. The summed E-state index contributed by atoms with van der Waals surface area (Å²) in [5, 5.41) is 11.8. The Bertz CT molecular complexity index is 220. The standard InChI is InChI=1S/C11H21NO3/c1-7-4-5-15-10(7)11(14)12-9(3)8(2)6-13/h7-10,13H,4-6H2,1-3H3,(H,12,14).